The van der Waals surface area contributed by atoms with Crippen LogP contribution in [0, 0.1) is 32.8 Å². The van der Waals surface area contributed by atoms with Crippen molar-refractivity contribution < 1.29 is 22.9 Å². The maximum Gasteiger partial charge on any atom is 0.269 e. The van der Waals surface area contributed by atoms with E-state index in [1.807, 2.05) is 30.5 Å². The molecule has 0 radical (unpaired) electrons. The molecule has 3 aliphatic heterocycles. The van der Waals surface area contributed by atoms with Crippen molar-refractivity contribution in [3.05, 3.63) is 92.4 Å². The molecule has 13 nitrogen and oxygen atoms in total. The highest BCUT2D eigenvalue weighted by Gasteiger charge is 2.65. The summed E-state index contributed by atoms with van der Waals surface area (Å²) in [5, 5.41) is 11.1. The zero-order valence-corrected chi connectivity index (χ0v) is 30.3. The SMILES string of the molecule is CC1(C)C2CCC1(CS(=O)(=O)Nc1cc(C(=O)N3CCN(c4ccc([N+](=O)[O-])cc4)CC3)ccc1N1CC3CC(C1)c1cccc(=O)n1C3)C(=O)C2. The number of hydrogen-bond donors (Lipinski definition) is 1. The summed E-state index contributed by atoms with van der Waals surface area (Å²) in [7, 11) is -4.03. The van der Waals surface area contributed by atoms with Crippen LogP contribution in [0.25, 0.3) is 0 Å². The van der Waals surface area contributed by atoms with Crippen LogP contribution in [0.4, 0.5) is 22.7 Å². The first-order valence-electron chi connectivity index (χ1n) is 18.2. The van der Waals surface area contributed by atoms with Gasteiger partial charge >= 0.3 is 0 Å². The second-order valence-electron chi connectivity index (χ2n) is 15.9. The summed E-state index contributed by atoms with van der Waals surface area (Å²) in [5.74, 6) is -0.0412. The van der Waals surface area contributed by atoms with E-state index in [-0.39, 0.29) is 46.4 Å². The minimum absolute atomic E-state index is 0.0107. The summed E-state index contributed by atoms with van der Waals surface area (Å²) in [5.41, 5.74) is 1.80. The number of fused-ring (bicyclic) bond motifs is 6. The topological polar surface area (TPSA) is 155 Å². The lowest BCUT2D eigenvalue weighted by molar-refractivity contribution is -0.384. The Kier molecular flexibility index (Phi) is 8.23. The molecule has 2 saturated carbocycles. The lowest BCUT2D eigenvalue weighted by Gasteiger charge is -2.44. The highest BCUT2D eigenvalue weighted by atomic mass is 32.2. The van der Waals surface area contributed by atoms with Crippen molar-refractivity contribution in [1.82, 2.24) is 9.47 Å². The van der Waals surface area contributed by atoms with Gasteiger partial charge in [-0.15, -0.1) is 0 Å². The molecule has 1 amide bonds. The molecule has 4 atom stereocenters. The maximum atomic E-state index is 14.2. The third-order valence-electron chi connectivity index (χ3n) is 12.9. The Balaban J connectivity index is 1.07. The number of piperidine rings is 1. The Hall–Kier alpha value is -4.72. The highest BCUT2D eigenvalue weighted by molar-refractivity contribution is 7.92. The molecule has 3 aromatic rings. The van der Waals surface area contributed by atoms with Gasteiger partial charge < -0.3 is 19.3 Å². The van der Waals surface area contributed by atoms with Crippen molar-refractivity contribution in [2.45, 2.75) is 52.0 Å². The summed E-state index contributed by atoms with van der Waals surface area (Å²) in [6, 6.07) is 17.0. The van der Waals surface area contributed by atoms with E-state index in [0.717, 1.165) is 24.2 Å². The fraction of sp³-hybridized carbons (Fsp3) is 0.500. The number of pyridine rings is 1. The number of anilines is 3. The largest absolute Gasteiger partial charge is 0.369 e. The normalized spacial score (nSPS) is 26.3. The number of aromatic nitrogens is 1. The molecule has 0 spiro atoms. The van der Waals surface area contributed by atoms with Gasteiger partial charge in [0.05, 0.1) is 27.5 Å². The summed E-state index contributed by atoms with van der Waals surface area (Å²) >= 11 is 0. The Bertz CT molecular complexity index is 2130. The molecule has 4 unspecified atom stereocenters. The zero-order valence-electron chi connectivity index (χ0n) is 29.5. The van der Waals surface area contributed by atoms with Crippen LogP contribution in [0.5, 0.6) is 0 Å². The Labute approximate surface area is 302 Å². The van der Waals surface area contributed by atoms with E-state index < -0.39 is 25.8 Å². The number of rotatable bonds is 8. The van der Waals surface area contributed by atoms with Crippen LogP contribution in [0.1, 0.15) is 61.5 Å². The van der Waals surface area contributed by atoms with Gasteiger partial charge in [-0.25, -0.2) is 8.42 Å². The van der Waals surface area contributed by atoms with Crippen LogP contribution in [0.3, 0.4) is 0 Å². The molecule has 14 heteroatoms. The van der Waals surface area contributed by atoms with Gasteiger partial charge in [-0.2, -0.15) is 0 Å². The number of Topliss-reactive ketones (excluding diaryl/α,β-unsaturated/α-hetero) is 1. The number of piperazine rings is 1. The molecule has 1 aromatic heterocycles. The van der Waals surface area contributed by atoms with Crippen molar-refractivity contribution in [3.8, 4) is 0 Å². The Morgan fingerprint density at radius 1 is 0.962 bits per heavy atom. The minimum atomic E-state index is -4.03. The number of hydrogen-bond acceptors (Lipinski definition) is 9. The summed E-state index contributed by atoms with van der Waals surface area (Å²) in [4.78, 5) is 56.6. The molecule has 1 N–H and O–H groups in total. The maximum absolute atomic E-state index is 14.2. The predicted octanol–water partition coefficient (Wildman–Crippen LogP) is 4.48. The van der Waals surface area contributed by atoms with Crippen LogP contribution in [-0.4, -0.2) is 79.5 Å². The molecular formula is C38H44N6O7S. The van der Waals surface area contributed by atoms with Crippen LogP contribution < -0.4 is 20.1 Å². The second kappa shape index (κ2) is 12.5. The Morgan fingerprint density at radius 3 is 2.38 bits per heavy atom. The second-order valence-corrected chi connectivity index (χ2v) is 17.6. The number of carbonyl (C=O) groups excluding carboxylic acids is 2. The number of ketones is 1. The van der Waals surface area contributed by atoms with E-state index in [2.05, 4.69) is 14.5 Å². The van der Waals surface area contributed by atoms with Gasteiger partial charge in [0.2, 0.25) is 10.0 Å². The standard InChI is InChI=1S/C38H44N6O7S/c1-37(2)28-12-13-38(37,34(45)20-28)24-52(50,51)39-31-19-26(36(47)41-16-14-40(15-17-41)29-7-9-30(10-8-29)44(48)49)6-11-33(31)42-21-25-18-27(23-42)32-4-3-5-35(46)43(32)22-25/h3-11,19,25,27-28,39H,12-18,20-24H2,1-2H3. The van der Waals surface area contributed by atoms with E-state index in [0.29, 0.717) is 75.6 Å². The van der Waals surface area contributed by atoms with Crippen molar-refractivity contribution in [3.63, 3.8) is 0 Å². The number of nitrogens with one attached hydrogen (secondary N) is 1. The van der Waals surface area contributed by atoms with E-state index >= 15 is 0 Å². The summed E-state index contributed by atoms with van der Waals surface area (Å²) in [6.07, 6.45) is 2.73. The first-order chi connectivity index (χ1) is 24.7. The van der Waals surface area contributed by atoms with Gasteiger partial charge in [0.25, 0.3) is 17.2 Å². The predicted molar refractivity (Wildman–Crippen MR) is 197 cm³/mol. The third kappa shape index (κ3) is 5.75. The van der Waals surface area contributed by atoms with Crippen molar-refractivity contribution in [2.24, 2.45) is 22.7 Å². The quantitative estimate of drug-likeness (QED) is 0.261. The average Bonchev–Trinajstić information content (AvgIpc) is 3.46. The molecule has 5 aliphatic rings. The van der Waals surface area contributed by atoms with Gasteiger partial charge in [-0.1, -0.05) is 19.9 Å². The van der Waals surface area contributed by atoms with Crippen LogP contribution in [0.15, 0.2) is 65.5 Å². The molecule has 2 aromatic carbocycles. The van der Waals surface area contributed by atoms with Crippen molar-refractivity contribution >= 4 is 44.5 Å². The van der Waals surface area contributed by atoms with Gasteiger partial charge in [0.15, 0.2) is 0 Å². The van der Waals surface area contributed by atoms with Crippen LogP contribution >= 0.6 is 0 Å². The Morgan fingerprint density at radius 2 is 1.71 bits per heavy atom. The van der Waals surface area contributed by atoms with Gasteiger partial charge in [0.1, 0.15) is 5.78 Å². The number of amides is 1. The summed E-state index contributed by atoms with van der Waals surface area (Å²) in [6.45, 7) is 7.77. The highest BCUT2D eigenvalue weighted by Crippen LogP contribution is 2.64. The number of carbonyl (C=O) groups is 2. The van der Waals surface area contributed by atoms with E-state index in [1.54, 1.807) is 41.3 Å². The number of non-ortho nitro benzene ring substituents is 1. The smallest absolute Gasteiger partial charge is 0.269 e. The first kappa shape index (κ1) is 34.4. The fourth-order valence-corrected chi connectivity index (χ4v) is 11.8. The monoisotopic (exact) mass is 728 g/mol. The van der Waals surface area contributed by atoms with Gasteiger partial charge in [0, 0.05) is 93.3 Å². The van der Waals surface area contributed by atoms with Gasteiger partial charge in [-0.3, -0.25) is 29.2 Å². The van der Waals surface area contributed by atoms with Crippen LogP contribution in [0.2, 0.25) is 0 Å². The molecule has 2 saturated heterocycles. The number of sulfonamides is 1. The lowest BCUT2D eigenvalue weighted by Crippen LogP contribution is -2.49. The van der Waals surface area contributed by atoms with Crippen molar-refractivity contribution in [1.29, 1.82) is 0 Å². The van der Waals surface area contributed by atoms with E-state index in [9.17, 15) is 32.9 Å². The molecule has 52 heavy (non-hydrogen) atoms. The molecule has 274 valence electrons. The lowest BCUT2D eigenvalue weighted by atomic mass is 9.70. The van der Waals surface area contributed by atoms with Crippen molar-refractivity contribution in [2.75, 3.05) is 59.5 Å². The summed E-state index contributed by atoms with van der Waals surface area (Å²) < 4.78 is 33.1. The molecule has 4 heterocycles. The number of benzene rings is 2. The number of nitro groups is 1. The molecule has 4 fully saturated rings. The van der Waals surface area contributed by atoms with E-state index in [4.69, 9.17) is 0 Å². The number of nitro benzene ring substituents is 1. The van der Waals surface area contributed by atoms with Crippen LogP contribution in [-0.2, 0) is 21.4 Å². The van der Waals surface area contributed by atoms with Gasteiger partial charge in [-0.05, 0) is 72.9 Å². The zero-order chi connectivity index (χ0) is 36.6. The average molecular weight is 729 g/mol. The van der Waals surface area contributed by atoms with E-state index in [1.165, 1.54) is 12.1 Å². The molecule has 8 rings (SSSR count). The molecule has 4 bridgehead atoms. The first-order valence-corrected chi connectivity index (χ1v) is 19.8. The molecular weight excluding hydrogens is 685 g/mol. The third-order valence-corrected chi connectivity index (χ3v) is 14.3. The minimum Gasteiger partial charge on any atom is -0.369 e. The molecule has 2 aliphatic carbocycles. The number of nitrogens with zero attached hydrogens (tertiary/aromatic N) is 5. The fourth-order valence-electron chi connectivity index (χ4n) is 9.89.